The minimum atomic E-state index is -4.93. The maximum absolute atomic E-state index is 13.2. The lowest BCUT2D eigenvalue weighted by Gasteiger charge is -2.17. The van der Waals surface area contributed by atoms with Gasteiger partial charge in [-0.25, -0.2) is 9.97 Å². The van der Waals surface area contributed by atoms with Crippen molar-refractivity contribution in [2.45, 2.75) is 31.7 Å². The van der Waals surface area contributed by atoms with Crippen LogP contribution in [0.2, 0.25) is 0 Å². The van der Waals surface area contributed by atoms with Crippen molar-refractivity contribution in [2.24, 2.45) is 0 Å². The number of hydrogen-bond donors (Lipinski definition) is 2. The number of aromatic nitrogens is 4. The summed E-state index contributed by atoms with van der Waals surface area (Å²) >= 11 is 3.49. The second-order valence-corrected chi connectivity index (χ2v) is 8.99. The second-order valence-electron chi connectivity index (χ2n) is 8.14. The number of anilines is 1. The first kappa shape index (κ1) is 24.1. The molecule has 36 heavy (non-hydrogen) atoms. The van der Waals surface area contributed by atoms with Crippen molar-refractivity contribution in [2.75, 3.05) is 19.0 Å². The SMILES string of the molecule is COc1ccc(-c2nc3c4cccc(Br)c4nc(N[C@@H]4CCCCNC4=O)n3n2)c(OC(F)(F)F)c1. The summed E-state index contributed by atoms with van der Waals surface area (Å²) in [7, 11) is 1.34. The van der Waals surface area contributed by atoms with E-state index in [1.165, 1.54) is 23.8 Å². The van der Waals surface area contributed by atoms with Gasteiger partial charge in [-0.1, -0.05) is 6.07 Å². The third-order valence-corrected chi connectivity index (χ3v) is 6.39. The maximum atomic E-state index is 13.2. The molecule has 1 atom stereocenters. The molecule has 4 aromatic rings. The van der Waals surface area contributed by atoms with Gasteiger partial charge in [-0.2, -0.15) is 4.52 Å². The van der Waals surface area contributed by atoms with Crippen LogP contribution in [0.1, 0.15) is 19.3 Å². The number of para-hydroxylation sites is 1. The highest BCUT2D eigenvalue weighted by Crippen LogP contribution is 2.37. The van der Waals surface area contributed by atoms with Gasteiger partial charge in [0.2, 0.25) is 11.9 Å². The van der Waals surface area contributed by atoms with E-state index in [-0.39, 0.29) is 29.0 Å². The molecular formula is C23H20BrF3N6O3. The zero-order chi connectivity index (χ0) is 25.4. The van der Waals surface area contributed by atoms with E-state index in [1.54, 1.807) is 12.1 Å². The Morgan fingerprint density at radius 1 is 1.19 bits per heavy atom. The predicted molar refractivity (Wildman–Crippen MR) is 129 cm³/mol. The van der Waals surface area contributed by atoms with Gasteiger partial charge in [0, 0.05) is 22.5 Å². The van der Waals surface area contributed by atoms with Gasteiger partial charge in [0.05, 0.1) is 18.2 Å². The van der Waals surface area contributed by atoms with Gasteiger partial charge in [-0.05, 0) is 59.5 Å². The second kappa shape index (κ2) is 9.45. The van der Waals surface area contributed by atoms with Gasteiger partial charge in [-0.15, -0.1) is 18.3 Å². The molecule has 0 bridgehead atoms. The standard InChI is InChI=1S/C23H20BrF3N6O3/c1-35-12-8-9-13(17(11-12)36-23(25,26)27)19-31-20-14-5-4-6-15(24)18(14)30-22(33(20)32-19)29-16-7-2-3-10-28-21(16)34/h4-6,8-9,11,16H,2-3,7,10H2,1H3,(H,28,34)(H,29,30)/t16-/m1/s1. The molecule has 0 aliphatic carbocycles. The summed E-state index contributed by atoms with van der Waals surface area (Å²) in [5.41, 5.74) is 0.918. The summed E-state index contributed by atoms with van der Waals surface area (Å²) in [6.07, 6.45) is -2.64. The van der Waals surface area contributed by atoms with Crippen molar-refractivity contribution in [1.29, 1.82) is 0 Å². The van der Waals surface area contributed by atoms with E-state index in [2.05, 4.69) is 46.4 Å². The lowest BCUT2D eigenvalue weighted by Crippen LogP contribution is -2.38. The Morgan fingerprint density at radius 3 is 2.81 bits per heavy atom. The molecule has 1 amide bonds. The van der Waals surface area contributed by atoms with E-state index in [9.17, 15) is 18.0 Å². The number of rotatable bonds is 5. The number of nitrogens with one attached hydrogen (secondary N) is 2. The van der Waals surface area contributed by atoms with E-state index in [1.807, 2.05) is 6.07 Å². The molecule has 0 spiro atoms. The highest BCUT2D eigenvalue weighted by atomic mass is 79.9. The van der Waals surface area contributed by atoms with Crippen molar-refractivity contribution >= 4 is 44.3 Å². The summed E-state index contributed by atoms with van der Waals surface area (Å²) < 4.78 is 50.8. The molecule has 5 rings (SSSR count). The number of carbonyl (C=O) groups excluding carboxylic acids is 1. The average molecular weight is 565 g/mol. The predicted octanol–water partition coefficient (Wildman–Crippen LogP) is 4.69. The zero-order valence-electron chi connectivity index (χ0n) is 18.9. The summed E-state index contributed by atoms with van der Waals surface area (Å²) in [5, 5.41) is 11.1. The molecular weight excluding hydrogens is 545 g/mol. The van der Waals surface area contributed by atoms with E-state index >= 15 is 0 Å². The third-order valence-electron chi connectivity index (χ3n) is 5.75. The molecule has 188 valence electrons. The number of amides is 1. The van der Waals surface area contributed by atoms with E-state index in [0.717, 1.165) is 18.9 Å². The number of fused-ring (bicyclic) bond motifs is 3. The molecule has 0 unspecified atom stereocenters. The molecule has 2 aromatic heterocycles. The molecule has 13 heteroatoms. The molecule has 3 heterocycles. The van der Waals surface area contributed by atoms with Crippen LogP contribution < -0.4 is 20.1 Å². The van der Waals surface area contributed by atoms with Crippen LogP contribution in [0.15, 0.2) is 40.9 Å². The van der Waals surface area contributed by atoms with Gasteiger partial charge < -0.3 is 20.1 Å². The van der Waals surface area contributed by atoms with Crippen LogP contribution in [-0.2, 0) is 4.79 Å². The monoisotopic (exact) mass is 564 g/mol. The number of ether oxygens (including phenoxy) is 2. The first-order valence-electron chi connectivity index (χ1n) is 11.1. The van der Waals surface area contributed by atoms with Gasteiger partial charge in [0.1, 0.15) is 17.5 Å². The number of methoxy groups -OCH3 is 1. The first-order chi connectivity index (χ1) is 17.2. The molecule has 2 N–H and O–H groups in total. The Morgan fingerprint density at radius 2 is 2.03 bits per heavy atom. The molecule has 1 aliphatic heterocycles. The van der Waals surface area contributed by atoms with Gasteiger partial charge in [0.15, 0.2) is 11.5 Å². The van der Waals surface area contributed by atoms with Crippen molar-refractivity contribution in [3.8, 4) is 22.9 Å². The van der Waals surface area contributed by atoms with Crippen LogP contribution >= 0.6 is 15.9 Å². The molecule has 0 saturated carbocycles. The molecule has 9 nitrogen and oxygen atoms in total. The minimum absolute atomic E-state index is 0.0122. The van der Waals surface area contributed by atoms with Crippen LogP contribution in [0.3, 0.4) is 0 Å². The van der Waals surface area contributed by atoms with E-state index in [0.29, 0.717) is 34.0 Å². The first-order valence-corrected chi connectivity index (χ1v) is 11.9. The highest BCUT2D eigenvalue weighted by molar-refractivity contribution is 9.10. The molecule has 1 aliphatic rings. The van der Waals surface area contributed by atoms with E-state index < -0.39 is 18.2 Å². The fourth-order valence-electron chi connectivity index (χ4n) is 4.06. The Labute approximate surface area is 211 Å². The van der Waals surface area contributed by atoms with Gasteiger partial charge >= 0.3 is 6.36 Å². The summed E-state index contributed by atoms with van der Waals surface area (Å²) in [6.45, 7) is 0.593. The van der Waals surface area contributed by atoms with Crippen molar-refractivity contribution in [3.63, 3.8) is 0 Å². The Kier molecular flexibility index (Phi) is 6.33. The fraction of sp³-hybridized carbons (Fsp3) is 0.304. The zero-order valence-corrected chi connectivity index (χ0v) is 20.5. The molecule has 1 fully saturated rings. The molecule has 0 radical (unpaired) electrons. The lowest BCUT2D eigenvalue weighted by atomic mass is 10.1. The van der Waals surface area contributed by atoms with Crippen LogP contribution in [-0.4, -0.2) is 51.5 Å². The Bertz CT molecular complexity index is 1460. The van der Waals surface area contributed by atoms with Crippen molar-refractivity contribution in [3.05, 3.63) is 40.9 Å². The van der Waals surface area contributed by atoms with Gasteiger partial charge in [-0.3, -0.25) is 4.79 Å². The highest BCUT2D eigenvalue weighted by Gasteiger charge is 2.33. The summed E-state index contributed by atoms with van der Waals surface area (Å²) in [4.78, 5) is 21.8. The number of nitrogens with zero attached hydrogens (tertiary/aromatic N) is 4. The number of carbonyl (C=O) groups is 1. The van der Waals surface area contributed by atoms with Crippen molar-refractivity contribution in [1.82, 2.24) is 24.9 Å². The average Bonchev–Trinajstić information content (AvgIpc) is 3.18. The largest absolute Gasteiger partial charge is 0.573 e. The van der Waals surface area contributed by atoms with E-state index in [4.69, 9.17) is 4.74 Å². The number of benzene rings is 2. The lowest BCUT2D eigenvalue weighted by molar-refractivity contribution is -0.274. The number of alkyl halides is 3. The Balaban J connectivity index is 1.69. The van der Waals surface area contributed by atoms with Crippen LogP contribution in [0.4, 0.5) is 19.1 Å². The topological polar surface area (TPSA) is 103 Å². The Hall–Kier alpha value is -3.61. The fourth-order valence-corrected chi connectivity index (χ4v) is 4.52. The maximum Gasteiger partial charge on any atom is 0.573 e. The van der Waals surface area contributed by atoms with Crippen LogP contribution in [0.25, 0.3) is 27.9 Å². The molecule has 1 saturated heterocycles. The van der Waals surface area contributed by atoms with Crippen LogP contribution in [0, 0.1) is 0 Å². The van der Waals surface area contributed by atoms with Gasteiger partial charge in [0.25, 0.3) is 0 Å². The van der Waals surface area contributed by atoms with Crippen LogP contribution in [0.5, 0.6) is 11.5 Å². The minimum Gasteiger partial charge on any atom is -0.497 e. The van der Waals surface area contributed by atoms with Crippen molar-refractivity contribution < 1.29 is 27.4 Å². The quantitative estimate of drug-likeness (QED) is 0.362. The normalized spacial score (nSPS) is 16.6. The smallest absolute Gasteiger partial charge is 0.497 e. The summed E-state index contributed by atoms with van der Waals surface area (Å²) in [6, 6.07) is 8.84. The number of hydrogen-bond acceptors (Lipinski definition) is 7. The summed E-state index contributed by atoms with van der Waals surface area (Å²) in [5.74, 6) is -0.268. The number of halogens is 4. The third kappa shape index (κ3) is 4.74. The molecule has 2 aromatic carbocycles.